The van der Waals surface area contributed by atoms with Crippen molar-refractivity contribution in [2.75, 3.05) is 10.2 Å². The Balaban J connectivity index is 0.000000308. The van der Waals surface area contributed by atoms with Crippen LogP contribution in [0.4, 0.5) is 11.4 Å². The molecule has 322 valence electrons. The summed E-state index contributed by atoms with van der Waals surface area (Å²) in [6.07, 6.45) is 15.6. The van der Waals surface area contributed by atoms with Crippen molar-refractivity contribution in [1.29, 1.82) is 0 Å². The van der Waals surface area contributed by atoms with Crippen LogP contribution in [-0.4, -0.2) is 52.0 Å². The second-order valence-electron chi connectivity index (χ2n) is 14.9. The molecule has 13 nitrogen and oxygen atoms in total. The number of rotatable bonds is 24. The highest BCUT2D eigenvalue weighted by molar-refractivity contribution is 7.85. The molecule has 0 unspecified atom stereocenters. The number of hydrogen-bond donors (Lipinski definition) is 5. The lowest BCUT2D eigenvalue weighted by Crippen LogP contribution is -2.44. The predicted molar refractivity (Wildman–Crippen MR) is 234 cm³/mol. The van der Waals surface area contributed by atoms with E-state index >= 15 is 0 Å². The van der Waals surface area contributed by atoms with Gasteiger partial charge >= 0.3 is 17.9 Å². The molecule has 4 aromatic carbocycles. The van der Waals surface area contributed by atoms with E-state index < -0.39 is 28.0 Å². The number of aryl methyl sites for hydroxylation is 4. The van der Waals surface area contributed by atoms with Gasteiger partial charge in [-0.3, -0.25) is 24.4 Å². The first-order chi connectivity index (χ1) is 28.8. The molecule has 5 rings (SSSR count). The van der Waals surface area contributed by atoms with E-state index in [0.29, 0.717) is 25.1 Å². The lowest BCUT2D eigenvalue weighted by Gasteiger charge is -2.28. The maximum absolute atomic E-state index is 10.9. The van der Waals surface area contributed by atoms with Gasteiger partial charge in [-0.1, -0.05) is 125 Å². The molecule has 0 radical (unpaired) electrons. The number of benzene rings is 4. The number of amidine groups is 1. The Labute approximate surface area is 353 Å². The number of aliphatic carboxylic acids is 3. The van der Waals surface area contributed by atoms with Gasteiger partial charge in [0.15, 0.2) is 5.84 Å². The molecular formula is C46H58N4O9S. The van der Waals surface area contributed by atoms with Gasteiger partial charge in [0, 0.05) is 24.8 Å². The number of hydrogen-bond acceptors (Lipinski definition) is 9. The number of nitrogens with zero attached hydrogens (tertiary/aromatic N) is 3. The number of carboxylic acid groups (broad SMARTS) is 3. The lowest BCUT2D eigenvalue weighted by atomic mass is 10.0. The summed E-state index contributed by atoms with van der Waals surface area (Å²) in [5, 5.41) is 35.1. The van der Waals surface area contributed by atoms with Crippen LogP contribution in [0.25, 0.3) is 0 Å². The average Bonchev–Trinajstić information content (AvgIpc) is 3.68. The quantitative estimate of drug-likeness (QED) is 0.0332. The first-order valence-corrected chi connectivity index (χ1v) is 22.2. The van der Waals surface area contributed by atoms with Crippen LogP contribution in [-0.2, 0) is 50.2 Å². The second-order valence-corrected chi connectivity index (χ2v) is 16.3. The SMILES string of the molecule is CCCCCCCCCCCCc1ccc(S(=O)(=O)O)cc1.O=C(O)CCc1ccc(C2=NN(c3ccc(CCC(=O)O)cc3)N(c3ccc(CCC(=O)O)cc3)N2)cc1. The Morgan fingerprint density at radius 2 is 0.917 bits per heavy atom. The molecule has 0 aliphatic carbocycles. The molecule has 5 N–H and O–H groups in total. The summed E-state index contributed by atoms with van der Waals surface area (Å²) in [5.41, 5.74) is 9.50. The standard InChI is InChI=1S/C28H28N4O6.C18H30O3S/c33-25(34)16-7-19-1-10-22(11-2-19)28-29-31(23-12-3-20(4-13-23)8-17-26(35)36)32(30-28)24-14-5-21(6-15-24)9-18-27(37)38;1-2-3-4-5-6-7-8-9-10-11-12-17-13-15-18(16-14-17)22(19,20)21/h1-6,10-15H,7-9,16-18H2,(H,29,30)(H,33,34)(H,35,36)(H,37,38);13-16H,2-12H2,1H3,(H,19,20,21). The summed E-state index contributed by atoms with van der Waals surface area (Å²) in [6.45, 7) is 2.25. The monoisotopic (exact) mass is 842 g/mol. The van der Waals surface area contributed by atoms with Crippen molar-refractivity contribution in [2.24, 2.45) is 5.10 Å². The molecule has 1 heterocycles. The van der Waals surface area contributed by atoms with E-state index in [1.807, 2.05) is 72.8 Å². The fraction of sp³-hybridized carbons (Fsp3) is 0.391. The van der Waals surface area contributed by atoms with Crippen molar-refractivity contribution < 1.29 is 42.7 Å². The van der Waals surface area contributed by atoms with Gasteiger partial charge in [-0.2, -0.15) is 18.7 Å². The highest BCUT2D eigenvalue weighted by Crippen LogP contribution is 2.27. The number of hydrazine groups is 2. The highest BCUT2D eigenvalue weighted by atomic mass is 32.2. The Bertz CT molecular complexity index is 2090. The van der Waals surface area contributed by atoms with Gasteiger partial charge in [0.2, 0.25) is 0 Å². The number of carboxylic acids is 3. The molecular weight excluding hydrogens is 785 g/mol. The zero-order valence-corrected chi connectivity index (χ0v) is 35.2. The molecule has 0 aromatic heterocycles. The van der Waals surface area contributed by atoms with Crippen molar-refractivity contribution in [3.8, 4) is 0 Å². The van der Waals surface area contributed by atoms with Crippen molar-refractivity contribution >= 4 is 45.2 Å². The predicted octanol–water partition coefficient (Wildman–Crippen LogP) is 9.24. The topological polar surface area (TPSA) is 197 Å². The number of nitrogens with one attached hydrogen (secondary N) is 1. The van der Waals surface area contributed by atoms with E-state index in [9.17, 15) is 22.8 Å². The van der Waals surface area contributed by atoms with Crippen LogP contribution in [0.1, 0.15) is 118 Å². The number of carbonyl (C=O) groups is 3. The third kappa shape index (κ3) is 16.5. The summed E-state index contributed by atoms with van der Waals surface area (Å²) in [4.78, 5) is 32.7. The van der Waals surface area contributed by atoms with E-state index in [1.165, 1.54) is 69.9 Å². The van der Waals surface area contributed by atoms with Gasteiger partial charge in [0.1, 0.15) is 0 Å². The zero-order chi connectivity index (χ0) is 43.3. The normalized spacial score (nSPS) is 12.3. The highest BCUT2D eigenvalue weighted by Gasteiger charge is 2.26. The van der Waals surface area contributed by atoms with Crippen LogP contribution in [0, 0.1) is 0 Å². The molecule has 14 heteroatoms. The third-order valence-electron chi connectivity index (χ3n) is 10.1. The van der Waals surface area contributed by atoms with E-state index in [1.54, 1.807) is 22.4 Å². The summed E-state index contributed by atoms with van der Waals surface area (Å²) < 4.78 is 30.8. The maximum atomic E-state index is 10.9. The maximum Gasteiger partial charge on any atom is 0.303 e. The first-order valence-electron chi connectivity index (χ1n) is 20.8. The van der Waals surface area contributed by atoms with Gasteiger partial charge in [-0.25, -0.2) is 0 Å². The molecule has 4 aromatic rings. The van der Waals surface area contributed by atoms with Crippen LogP contribution in [0.15, 0.2) is 107 Å². The lowest BCUT2D eigenvalue weighted by molar-refractivity contribution is -0.138. The van der Waals surface area contributed by atoms with E-state index in [-0.39, 0.29) is 24.2 Å². The van der Waals surface area contributed by atoms with Crippen LogP contribution < -0.4 is 15.7 Å². The van der Waals surface area contributed by atoms with E-state index in [0.717, 1.165) is 52.0 Å². The summed E-state index contributed by atoms with van der Waals surface area (Å²) >= 11 is 0. The fourth-order valence-corrected chi connectivity index (χ4v) is 7.09. The van der Waals surface area contributed by atoms with Gasteiger partial charge in [0.05, 0.1) is 16.3 Å². The molecule has 0 fully saturated rings. The van der Waals surface area contributed by atoms with E-state index in [4.69, 9.17) is 25.0 Å². The number of hydrazone groups is 1. The Morgan fingerprint density at radius 3 is 1.35 bits per heavy atom. The molecule has 0 saturated heterocycles. The smallest absolute Gasteiger partial charge is 0.303 e. The minimum Gasteiger partial charge on any atom is -0.481 e. The van der Waals surface area contributed by atoms with Gasteiger partial charge in [-0.05, 0) is 90.8 Å². The van der Waals surface area contributed by atoms with Crippen LogP contribution >= 0.6 is 0 Å². The van der Waals surface area contributed by atoms with Gasteiger partial charge in [-0.15, -0.1) is 5.10 Å². The minimum atomic E-state index is -4.06. The number of anilines is 2. The van der Waals surface area contributed by atoms with Crippen molar-refractivity contribution in [2.45, 2.75) is 121 Å². The van der Waals surface area contributed by atoms with Crippen LogP contribution in [0.3, 0.4) is 0 Å². The molecule has 60 heavy (non-hydrogen) atoms. The Morgan fingerprint density at radius 1 is 0.533 bits per heavy atom. The third-order valence-corrected chi connectivity index (χ3v) is 11.0. The van der Waals surface area contributed by atoms with Crippen LogP contribution in [0.5, 0.6) is 0 Å². The summed E-state index contributed by atoms with van der Waals surface area (Å²) in [6, 6.07) is 29.0. The molecule has 0 saturated carbocycles. The molecule has 1 aliphatic rings. The van der Waals surface area contributed by atoms with Crippen molar-refractivity contribution in [3.63, 3.8) is 0 Å². The van der Waals surface area contributed by atoms with E-state index in [2.05, 4.69) is 12.3 Å². The van der Waals surface area contributed by atoms with Crippen molar-refractivity contribution in [3.05, 3.63) is 125 Å². The summed E-state index contributed by atoms with van der Waals surface area (Å²) in [5.74, 6) is -1.95. The van der Waals surface area contributed by atoms with Crippen LogP contribution in [0.2, 0.25) is 0 Å². The molecule has 1 aliphatic heterocycles. The zero-order valence-electron chi connectivity index (χ0n) is 34.3. The minimum absolute atomic E-state index is 0.0284. The molecule has 0 amide bonds. The first kappa shape index (κ1) is 47.0. The largest absolute Gasteiger partial charge is 0.481 e. The fourth-order valence-electron chi connectivity index (χ4n) is 6.61. The Kier molecular flexibility index (Phi) is 19.1. The van der Waals surface area contributed by atoms with Gasteiger partial charge < -0.3 is 15.3 Å². The molecule has 0 atom stereocenters. The number of unbranched alkanes of at least 4 members (excludes halogenated alkanes) is 9. The molecule has 0 bridgehead atoms. The molecule has 0 spiro atoms. The summed E-state index contributed by atoms with van der Waals surface area (Å²) in [7, 11) is -4.06. The Hall–Kier alpha value is -5.73. The van der Waals surface area contributed by atoms with Crippen molar-refractivity contribution in [1.82, 2.24) is 5.43 Å². The van der Waals surface area contributed by atoms with Gasteiger partial charge in [0.25, 0.3) is 10.1 Å². The second kappa shape index (κ2) is 24.4. The average molecular weight is 843 g/mol.